The number of hydrogen-bond acceptors (Lipinski definition) is 11. The quantitative estimate of drug-likeness (QED) is 0.323. The van der Waals surface area contributed by atoms with E-state index in [9.17, 15) is 4.79 Å². The van der Waals surface area contributed by atoms with Gasteiger partial charge in [-0.3, -0.25) is 15.0 Å². The summed E-state index contributed by atoms with van der Waals surface area (Å²) in [6.07, 6.45) is 4.41. The van der Waals surface area contributed by atoms with Crippen molar-refractivity contribution in [3.8, 4) is 17.3 Å². The average molecular weight is 626 g/mol. The van der Waals surface area contributed by atoms with Crippen LogP contribution in [0.3, 0.4) is 0 Å². The van der Waals surface area contributed by atoms with Crippen LogP contribution in [0.25, 0.3) is 33.1 Å². The van der Waals surface area contributed by atoms with Gasteiger partial charge in [-0.15, -0.1) is 0 Å². The lowest BCUT2D eigenvalue weighted by atomic mass is 9.95. The predicted octanol–water partition coefficient (Wildman–Crippen LogP) is 4.53. The summed E-state index contributed by atoms with van der Waals surface area (Å²) in [7, 11) is 2.07. The van der Waals surface area contributed by atoms with E-state index in [1.165, 1.54) is 0 Å². The minimum Gasteiger partial charge on any atom is -0.459 e. The second kappa shape index (κ2) is 11.9. The van der Waals surface area contributed by atoms with E-state index >= 15 is 4.39 Å². The maximum absolute atomic E-state index is 16.9. The molecule has 0 radical (unpaired) electrons. The molecule has 4 aliphatic rings. The zero-order valence-corrected chi connectivity index (χ0v) is 25.3. The molecule has 1 N–H and O–H groups in total. The van der Waals surface area contributed by atoms with Gasteiger partial charge in [0.2, 0.25) is 0 Å². The molecule has 2 saturated heterocycles. The molecule has 4 aliphatic heterocycles. The van der Waals surface area contributed by atoms with Gasteiger partial charge in [0, 0.05) is 34.8 Å². The number of H-pyrrole nitrogens is 1. The smallest absolute Gasteiger partial charge is 0.459 e. The topological polar surface area (TPSA) is 128 Å². The third kappa shape index (κ3) is 5.37. The minimum absolute atomic E-state index is 0.0549. The minimum atomic E-state index is -0.786. The van der Waals surface area contributed by atoms with E-state index in [0.29, 0.717) is 64.2 Å². The van der Waals surface area contributed by atoms with Gasteiger partial charge in [0.05, 0.1) is 43.5 Å². The van der Waals surface area contributed by atoms with E-state index in [-0.39, 0.29) is 49.1 Å². The Kier molecular flexibility index (Phi) is 7.85. The molecule has 3 aromatic heterocycles. The molecular weight excluding hydrogens is 593 g/mol. The summed E-state index contributed by atoms with van der Waals surface area (Å²) >= 11 is 6.75. The molecule has 0 amide bonds. The molecular formula is C30H33ClFN7O5. The summed E-state index contributed by atoms with van der Waals surface area (Å²) in [4.78, 5) is 30.8. The summed E-state index contributed by atoms with van der Waals surface area (Å²) in [6.45, 7) is 4.24. The second-order valence-electron chi connectivity index (χ2n) is 11.5. The second-order valence-corrected chi connectivity index (χ2v) is 11.9. The summed E-state index contributed by atoms with van der Waals surface area (Å²) in [5, 5.41) is 8.57. The van der Waals surface area contributed by atoms with Crippen LogP contribution in [0.4, 0.5) is 15.0 Å². The predicted molar refractivity (Wildman–Crippen MR) is 161 cm³/mol. The van der Waals surface area contributed by atoms with Crippen LogP contribution in [0.5, 0.6) is 6.01 Å². The van der Waals surface area contributed by atoms with Crippen molar-refractivity contribution >= 4 is 45.4 Å². The first-order valence-corrected chi connectivity index (χ1v) is 15.3. The number of likely N-dealkylation sites (N-methyl/N-ethyl adjacent to an activating group) is 1. The molecule has 7 heterocycles. The maximum Gasteiger partial charge on any atom is 0.508 e. The Hall–Kier alpha value is -3.81. The fourth-order valence-electron chi connectivity index (χ4n) is 6.50. The van der Waals surface area contributed by atoms with Crippen LogP contribution in [0.1, 0.15) is 31.7 Å². The SMILES string of the molecule is C[C@@H](Oc1nc2c3cnc(c(F)c3n1)-c1c(c(Cl)cc3[nH]ncc13)CCCOC(=O)O[C@@H]1COCCN2C1)[C@@H]1CCCN1C. The van der Waals surface area contributed by atoms with Crippen molar-refractivity contribution < 1.29 is 28.1 Å². The third-order valence-electron chi connectivity index (χ3n) is 8.68. The normalized spacial score (nSPS) is 22.2. The first kappa shape index (κ1) is 28.9. The number of anilines is 1. The largest absolute Gasteiger partial charge is 0.508 e. The number of fused-ring (bicyclic) bond motifs is 7. The van der Waals surface area contributed by atoms with Crippen molar-refractivity contribution in [2.45, 2.75) is 50.9 Å². The summed E-state index contributed by atoms with van der Waals surface area (Å²) in [6, 6.07) is 1.99. The van der Waals surface area contributed by atoms with Gasteiger partial charge in [-0.2, -0.15) is 15.1 Å². The van der Waals surface area contributed by atoms with Crippen molar-refractivity contribution in [3.05, 3.63) is 34.9 Å². The number of rotatable bonds is 3. The van der Waals surface area contributed by atoms with Crippen LogP contribution < -0.4 is 9.64 Å². The Morgan fingerprint density at radius 1 is 1.18 bits per heavy atom. The van der Waals surface area contributed by atoms with Crippen LogP contribution in [0, 0.1) is 5.82 Å². The number of nitrogens with zero attached hydrogens (tertiary/aromatic N) is 6. The number of nitrogens with one attached hydrogen (secondary N) is 1. The van der Waals surface area contributed by atoms with Crippen LogP contribution in [-0.2, 0) is 20.6 Å². The van der Waals surface area contributed by atoms with Crippen LogP contribution in [0.15, 0.2) is 18.5 Å². The Morgan fingerprint density at radius 2 is 2.07 bits per heavy atom. The highest BCUT2D eigenvalue weighted by molar-refractivity contribution is 6.33. The Bertz CT molecular complexity index is 1720. The molecule has 3 atom stereocenters. The zero-order chi connectivity index (χ0) is 30.4. The molecule has 6 bridgehead atoms. The summed E-state index contributed by atoms with van der Waals surface area (Å²) < 4.78 is 40.0. The van der Waals surface area contributed by atoms with Crippen molar-refractivity contribution in [2.24, 2.45) is 0 Å². The standard InChI is InChI=1S/C30H33ClFN7O5/c1-16(23-6-3-7-38(23)2)43-29-35-26-20-12-33-27(25(26)32)24-18(21(31)11-22-19(24)13-34-37-22)5-4-9-42-30(40)44-17-14-39(28(20)36-29)8-10-41-15-17/h11-13,16-17,23H,3-10,14-15H2,1-2H3,(H,34,37)/t16-,17+,23+/m1/s1. The molecule has 8 rings (SSSR count). The molecule has 44 heavy (non-hydrogen) atoms. The lowest BCUT2D eigenvalue weighted by molar-refractivity contribution is -0.00448. The fraction of sp³-hybridized carbons (Fsp3) is 0.500. The summed E-state index contributed by atoms with van der Waals surface area (Å²) in [5.41, 5.74) is 1.96. The van der Waals surface area contributed by atoms with Gasteiger partial charge < -0.3 is 23.8 Å². The molecule has 12 nitrogen and oxygen atoms in total. The number of aromatic amines is 1. The molecule has 0 spiro atoms. The van der Waals surface area contributed by atoms with E-state index < -0.39 is 18.1 Å². The Morgan fingerprint density at radius 3 is 2.91 bits per heavy atom. The van der Waals surface area contributed by atoms with E-state index in [2.05, 4.69) is 32.1 Å². The monoisotopic (exact) mass is 625 g/mol. The lowest BCUT2D eigenvalue weighted by Gasteiger charge is -2.28. The fourth-order valence-corrected chi connectivity index (χ4v) is 6.80. The number of hydrogen-bond donors (Lipinski definition) is 1. The lowest BCUT2D eigenvalue weighted by Crippen LogP contribution is -2.39. The van der Waals surface area contributed by atoms with Crippen LogP contribution in [-0.4, -0.2) is 101 Å². The molecule has 0 saturated carbocycles. The maximum atomic E-state index is 16.9. The number of carbonyl (C=O) groups excluding carboxylic acids is 1. The first-order valence-electron chi connectivity index (χ1n) is 14.9. The van der Waals surface area contributed by atoms with Crippen LogP contribution >= 0.6 is 11.6 Å². The van der Waals surface area contributed by atoms with E-state index in [0.717, 1.165) is 19.4 Å². The Labute approximate surface area is 257 Å². The van der Waals surface area contributed by atoms with Gasteiger partial charge in [0.15, 0.2) is 5.82 Å². The van der Waals surface area contributed by atoms with Crippen molar-refractivity contribution in [1.29, 1.82) is 0 Å². The first-order chi connectivity index (χ1) is 21.4. The number of benzene rings is 1. The van der Waals surface area contributed by atoms with Gasteiger partial charge in [-0.25, -0.2) is 9.18 Å². The molecule has 232 valence electrons. The van der Waals surface area contributed by atoms with Gasteiger partial charge in [0.1, 0.15) is 29.2 Å². The number of halogens is 2. The van der Waals surface area contributed by atoms with Gasteiger partial charge >= 0.3 is 12.2 Å². The van der Waals surface area contributed by atoms with Gasteiger partial charge in [0.25, 0.3) is 0 Å². The molecule has 1 aromatic carbocycles. The van der Waals surface area contributed by atoms with Crippen LogP contribution in [0.2, 0.25) is 5.02 Å². The zero-order valence-electron chi connectivity index (χ0n) is 24.5. The van der Waals surface area contributed by atoms with E-state index in [4.69, 9.17) is 35.5 Å². The number of pyridine rings is 1. The molecule has 0 unspecified atom stereocenters. The molecule has 0 aliphatic carbocycles. The molecule has 4 aromatic rings. The highest BCUT2D eigenvalue weighted by Crippen LogP contribution is 2.40. The Balaban J connectivity index is 1.43. The highest BCUT2D eigenvalue weighted by atomic mass is 35.5. The third-order valence-corrected chi connectivity index (χ3v) is 9.01. The average Bonchev–Trinajstić information content (AvgIpc) is 3.58. The molecule has 2 fully saturated rings. The van der Waals surface area contributed by atoms with Gasteiger partial charge in [-0.1, -0.05) is 11.6 Å². The molecule has 14 heteroatoms. The van der Waals surface area contributed by atoms with Crippen molar-refractivity contribution in [3.63, 3.8) is 0 Å². The number of ether oxygens (including phenoxy) is 4. The van der Waals surface area contributed by atoms with Crippen molar-refractivity contribution in [1.82, 2.24) is 30.0 Å². The number of carbonyl (C=O) groups is 1. The van der Waals surface area contributed by atoms with E-state index in [1.54, 1.807) is 18.5 Å². The summed E-state index contributed by atoms with van der Waals surface area (Å²) in [5.74, 6) is -0.209. The highest BCUT2D eigenvalue weighted by Gasteiger charge is 2.31. The number of aromatic nitrogens is 5. The van der Waals surface area contributed by atoms with E-state index in [1.807, 2.05) is 11.8 Å². The van der Waals surface area contributed by atoms with Gasteiger partial charge in [-0.05, 0) is 57.8 Å². The number of likely N-dealkylation sites (tertiary alicyclic amines) is 1. The van der Waals surface area contributed by atoms with Crippen molar-refractivity contribution in [2.75, 3.05) is 51.4 Å².